The number of ether oxygens (including phenoxy) is 1. The maximum atomic E-state index is 6.73. The van der Waals surface area contributed by atoms with Gasteiger partial charge >= 0.3 is 0 Å². The number of halogens is 1. The van der Waals surface area contributed by atoms with Crippen LogP contribution in [-0.2, 0) is 4.43 Å². The molecule has 1 aromatic rings. The van der Waals surface area contributed by atoms with Crippen LogP contribution in [-0.4, -0.2) is 21.0 Å². The molecule has 0 bridgehead atoms. The molecule has 0 aliphatic rings. The number of rotatable bonds is 17. The van der Waals surface area contributed by atoms with Gasteiger partial charge in [-0.25, -0.2) is 0 Å². The van der Waals surface area contributed by atoms with Crippen molar-refractivity contribution in [2.45, 2.75) is 96.4 Å². The van der Waals surface area contributed by atoms with Crippen LogP contribution in [0.2, 0.25) is 23.2 Å². The minimum atomic E-state index is -1.60. The molecule has 4 heteroatoms. The summed E-state index contributed by atoms with van der Waals surface area (Å²) in [7, 11) is -1.60. The molecule has 0 amide bonds. The van der Waals surface area contributed by atoms with Crippen molar-refractivity contribution in [3.63, 3.8) is 0 Å². The van der Waals surface area contributed by atoms with E-state index in [2.05, 4.69) is 27.4 Å². The van der Waals surface area contributed by atoms with Crippen LogP contribution in [0.25, 0.3) is 0 Å². The lowest BCUT2D eigenvalue weighted by atomic mass is 10.2. The summed E-state index contributed by atoms with van der Waals surface area (Å²) in [5.74, 6) is 0.841. The topological polar surface area (TPSA) is 18.5 Å². The summed E-state index contributed by atoms with van der Waals surface area (Å²) in [5, 5.41) is 0.725. The highest BCUT2D eigenvalue weighted by Crippen LogP contribution is 2.30. The molecule has 1 atom stereocenters. The summed E-state index contributed by atoms with van der Waals surface area (Å²) >= 11 is 5.95. The highest BCUT2D eigenvalue weighted by atomic mass is 35.5. The minimum Gasteiger partial charge on any atom is -0.486 e. The van der Waals surface area contributed by atoms with Crippen molar-refractivity contribution in [3.05, 3.63) is 41.9 Å². The highest BCUT2D eigenvalue weighted by molar-refractivity contribution is 6.73. The van der Waals surface area contributed by atoms with Crippen LogP contribution in [0, 0.1) is 0 Å². The van der Waals surface area contributed by atoms with Crippen LogP contribution in [0.3, 0.4) is 0 Å². The van der Waals surface area contributed by atoms with Crippen molar-refractivity contribution in [2.75, 3.05) is 6.61 Å². The van der Waals surface area contributed by atoms with Crippen molar-refractivity contribution in [2.24, 2.45) is 0 Å². The van der Waals surface area contributed by atoms with Gasteiger partial charge in [0.2, 0.25) is 0 Å². The third kappa shape index (κ3) is 10.1. The van der Waals surface area contributed by atoms with Crippen LogP contribution < -0.4 is 4.74 Å². The van der Waals surface area contributed by atoms with Gasteiger partial charge in [0.15, 0.2) is 8.32 Å². The largest absolute Gasteiger partial charge is 0.486 e. The summed E-state index contributed by atoms with van der Waals surface area (Å²) in [6.45, 7) is 11.7. The number of benzene rings is 1. The lowest BCUT2D eigenvalue weighted by Gasteiger charge is -2.32. The van der Waals surface area contributed by atoms with E-state index in [4.69, 9.17) is 20.8 Å². The molecule has 0 aliphatic carbocycles. The third-order valence-corrected chi connectivity index (χ3v) is 10.2. The molecule has 2 nitrogen and oxygen atoms in total. The maximum absolute atomic E-state index is 6.73. The molecule has 160 valence electrons. The van der Waals surface area contributed by atoms with Gasteiger partial charge in [0, 0.05) is 11.6 Å². The smallest absolute Gasteiger partial charge is 0.192 e. The summed E-state index contributed by atoms with van der Waals surface area (Å²) in [6, 6.07) is 11.5. The van der Waals surface area contributed by atoms with E-state index < -0.39 is 8.32 Å². The molecule has 0 N–H and O–H groups in total. The highest BCUT2D eigenvalue weighted by Gasteiger charge is 2.32. The molecule has 1 rings (SSSR count). The van der Waals surface area contributed by atoms with Gasteiger partial charge in [-0.2, -0.15) is 0 Å². The molecular formula is C24H41ClO2Si. The van der Waals surface area contributed by atoms with E-state index in [9.17, 15) is 0 Å². The van der Waals surface area contributed by atoms with Crippen molar-refractivity contribution in [1.29, 1.82) is 0 Å². The Morgan fingerprint density at radius 1 is 0.929 bits per heavy atom. The molecule has 0 heterocycles. The average Bonchev–Trinajstić information content (AvgIpc) is 2.72. The minimum absolute atomic E-state index is 0.0165. The Morgan fingerprint density at radius 2 is 1.46 bits per heavy atom. The molecule has 1 aromatic carbocycles. The second-order valence-corrected chi connectivity index (χ2v) is 12.4. The predicted molar refractivity (Wildman–Crippen MR) is 126 cm³/mol. The SMILES string of the molecule is C=CC(CCCO[Si](CCCC)(CCCC)CCCC)Oc1ccc(Cl)cc1. The average molecular weight is 425 g/mol. The number of hydrogen-bond acceptors (Lipinski definition) is 2. The fourth-order valence-electron chi connectivity index (χ4n) is 3.57. The Bertz CT molecular complexity index is 496. The van der Waals surface area contributed by atoms with Gasteiger partial charge in [-0.1, -0.05) is 83.6 Å². The summed E-state index contributed by atoms with van der Waals surface area (Å²) < 4.78 is 12.8. The zero-order chi connectivity index (χ0) is 20.7. The van der Waals surface area contributed by atoms with E-state index >= 15 is 0 Å². The lowest BCUT2D eigenvalue weighted by molar-refractivity contribution is 0.212. The molecule has 0 spiro atoms. The van der Waals surface area contributed by atoms with Gasteiger partial charge in [-0.05, 0) is 55.2 Å². The van der Waals surface area contributed by atoms with Crippen LogP contribution >= 0.6 is 11.6 Å². The van der Waals surface area contributed by atoms with Gasteiger partial charge in [0.05, 0.1) is 0 Å². The zero-order valence-electron chi connectivity index (χ0n) is 18.4. The van der Waals surface area contributed by atoms with Crippen LogP contribution in [0.5, 0.6) is 5.75 Å². The first kappa shape index (κ1) is 25.3. The second-order valence-electron chi connectivity index (χ2n) is 7.83. The molecule has 1 unspecified atom stereocenters. The molecule has 0 aromatic heterocycles. The van der Waals surface area contributed by atoms with E-state index in [0.717, 1.165) is 30.2 Å². The Kier molecular flexibility index (Phi) is 13.6. The summed E-state index contributed by atoms with van der Waals surface area (Å²) in [5.41, 5.74) is 0. The normalized spacial score (nSPS) is 12.7. The van der Waals surface area contributed by atoms with Gasteiger partial charge in [0.1, 0.15) is 11.9 Å². The van der Waals surface area contributed by atoms with E-state index in [-0.39, 0.29) is 6.10 Å². The quantitative estimate of drug-likeness (QED) is 0.142. The second kappa shape index (κ2) is 15.1. The zero-order valence-corrected chi connectivity index (χ0v) is 20.1. The first-order chi connectivity index (χ1) is 13.6. The van der Waals surface area contributed by atoms with E-state index in [1.807, 2.05) is 30.3 Å². The van der Waals surface area contributed by atoms with E-state index in [1.165, 1.54) is 56.7 Å². The van der Waals surface area contributed by atoms with E-state index in [1.54, 1.807) is 0 Å². The van der Waals surface area contributed by atoms with Crippen molar-refractivity contribution in [1.82, 2.24) is 0 Å². The van der Waals surface area contributed by atoms with Crippen molar-refractivity contribution >= 4 is 19.9 Å². The Balaban J connectivity index is 2.54. The Labute approximate surface area is 179 Å². The van der Waals surface area contributed by atoms with Crippen LogP contribution in [0.1, 0.15) is 72.1 Å². The van der Waals surface area contributed by atoms with E-state index in [0.29, 0.717) is 0 Å². The molecule has 0 fully saturated rings. The standard InChI is InChI=1S/C24H41ClO2Si/c1-5-9-19-28(20-10-6-2,21-11-7-3)26-18-12-13-23(8-4)27-24-16-14-22(25)15-17-24/h8,14-17,23H,4-7,9-13,18-21H2,1-3H3. The molecule has 0 saturated heterocycles. The molecule has 0 radical (unpaired) electrons. The monoisotopic (exact) mass is 424 g/mol. The lowest BCUT2D eigenvalue weighted by Crippen LogP contribution is -2.38. The molecule has 0 saturated carbocycles. The summed E-state index contributed by atoms with van der Waals surface area (Å²) in [6.07, 6.45) is 11.6. The Morgan fingerprint density at radius 3 is 1.93 bits per heavy atom. The van der Waals surface area contributed by atoms with Gasteiger partial charge in [-0.3, -0.25) is 0 Å². The third-order valence-electron chi connectivity index (χ3n) is 5.36. The van der Waals surface area contributed by atoms with Crippen LogP contribution in [0.4, 0.5) is 0 Å². The predicted octanol–water partition coefficient (Wildman–Crippen LogP) is 8.42. The maximum Gasteiger partial charge on any atom is 0.192 e. The van der Waals surface area contributed by atoms with Gasteiger partial charge < -0.3 is 9.16 Å². The van der Waals surface area contributed by atoms with Gasteiger partial charge in [-0.15, -0.1) is 0 Å². The summed E-state index contributed by atoms with van der Waals surface area (Å²) in [4.78, 5) is 0. The van der Waals surface area contributed by atoms with Gasteiger partial charge in [0.25, 0.3) is 0 Å². The Hall–Kier alpha value is -0.773. The van der Waals surface area contributed by atoms with Crippen LogP contribution in [0.15, 0.2) is 36.9 Å². The first-order valence-corrected chi connectivity index (χ1v) is 14.2. The molecular weight excluding hydrogens is 384 g/mol. The van der Waals surface area contributed by atoms with Crippen molar-refractivity contribution < 1.29 is 9.16 Å². The number of hydrogen-bond donors (Lipinski definition) is 0. The number of unbranched alkanes of at least 4 members (excludes halogenated alkanes) is 3. The molecule has 28 heavy (non-hydrogen) atoms. The molecule has 0 aliphatic heterocycles. The first-order valence-electron chi connectivity index (χ1n) is 11.3. The fraction of sp³-hybridized carbons (Fsp3) is 0.667. The van der Waals surface area contributed by atoms with Crippen molar-refractivity contribution in [3.8, 4) is 5.75 Å². The fourth-order valence-corrected chi connectivity index (χ4v) is 8.45.